The molecule has 0 bridgehead atoms. The fourth-order valence-electron chi connectivity index (χ4n) is 1.39. The smallest absolute Gasteiger partial charge is 0.313 e. The zero-order chi connectivity index (χ0) is 12.7. The molecule has 4 nitrogen and oxygen atoms in total. The standard InChI is InChI=1S/C13H16O4/c1-10(14)8-13(15)17-9-12(16-2)11-6-4-3-5-7-11/h3-7,12H,8-9H2,1-2H3. The van der Waals surface area contributed by atoms with E-state index in [9.17, 15) is 9.59 Å². The summed E-state index contributed by atoms with van der Waals surface area (Å²) in [5.74, 6) is -0.723. The third kappa shape index (κ3) is 4.78. The molecule has 4 heteroatoms. The van der Waals surface area contributed by atoms with Gasteiger partial charge in [0.2, 0.25) is 0 Å². The largest absolute Gasteiger partial charge is 0.462 e. The minimum Gasteiger partial charge on any atom is -0.462 e. The number of carbonyl (C=O) groups excluding carboxylic acids is 2. The number of carbonyl (C=O) groups is 2. The molecular formula is C13H16O4. The normalized spacial score (nSPS) is 11.9. The lowest BCUT2D eigenvalue weighted by Crippen LogP contribution is -2.16. The lowest BCUT2D eigenvalue weighted by molar-refractivity contribution is -0.149. The van der Waals surface area contributed by atoms with Gasteiger partial charge in [-0.15, -0.1) is 0 Å². The highest BCUT2D eigenvalue weighted by molar-refractivity contribution is 5.94. The van der Waals surface area contributed by atoms with Crippen LogP contribution in [0.1, 0.15) is 25.0 Å². The third-order valence-corrected chi connectivity index (χ3v) is 2.24. The number of ether oxygens (including phenoxy) is 2. The highest BCUT2D eigenvalue weighted by atomic mass is 16.6. The van der Waals surface area contributed by atoms with Crippen LogP contribution in [0.5, 0.6) is 0 Å². The van der Waals surface area contributed by atoms with Gasteiger partial charge in [0.1, 0.15) is 24.9 Å². The summed E-state index contributed by atoms with van der Waals surface area (Å²) in [5, 5.41) is 0. The molecule has 0 saturated carbocycles. The van der Waals surface area contributed by atoms with Crippen LogP contribution in [-0.4, -0.2) is 25.5 Å². The quantitative estimate of drug-likeness (QED) is 0.559. The molecule has 1 atom stereocenters. The number of hydrogen-bond donors (Lipinski definition) is 0. The van der Waals surface area contributed by atoms with Gasteiger partial charge in [0.05, 0.1) is 0 Å². The third-order valence-electron chi connectivity index (χ3n) is 2.24. The van der Waals surface area contributed by atoms with Crippen LogP contribution in [0.4, 0.5) is 0 Å². The van der Waals surface area contributed by atoms with Crippen LogP contribution in [0.25, 0.3) is 0 Å². The number of Topliss-reactive ketones (excluding diaryl/α,β-unsaturated/α-hetero) is 1. The first-order valence-corrected chi connectivity index (χ1v) is 5.36. The van der Waals surface area contributed by atoms with E-state index in [1.54, 1.807) is 7.11 Å². The molecule has 92 valence electrons. The van der Waals surface area contributed by atoms with Gasteiger partial charge in [-0.25, -0.2) is 0 Å². The Morgan fingerprint density at radius 2 is 1.88 bits per heavy atom. The molecule has 0 spiro atoms. The molecule has 17 heavy (non-hydrogen) atoms. The first-order chi connectivity index (χ1) is 8.13. The van der Waals surface area contributed by atoms with Crippen LogP contribution >= 0.6 is 0 Å². The van der Waals surface area contributed by atoms with Crippen molar-refractivity contribution < 1.29 is 19.1 Å². The molecule has 1 aromatic carbocycles. The average molecular weight is 236 g/mol. The van der Waals surface area contributed by atoms with E-state index in [0.29, 0.717) is 0 Å². The van der Waals surface area contributed by atoms with Crippen molar-refractivity contribution in [3.05, 3.63) is 35.9 Å². The van der Waals surface area contributed by atoms with Crippen LogP contribution < -0.4 is 0 Å². The van der Waals surface area contributed by atoms with Gasteiger partial charge in [0, 0.05) is 7.11 Å². The maximum atomic E-state index is 11.2. The summed E-state index contributed by atoms with van der Waals surface area (Å²) in [6, 6.07) is 9.47. The first-order valence-electron chi connectivity index (χ1n) is 5.36. The number of ketones is 1. The van der Waals surface area contributed by atoms with Crippen LogP contribution in [-0.2, 0) is 19.1 Å². The van der Waals surface area contributed by atoms with Crippen LogP contribution in [0.2, 0.25) is 0 Å². The van der Waals surface area contributed by atoms with Gasteiger partial charge in [0.15, 0.2) is 0 Å². The Hall–Kier alpha value is -1.68. The van der Waals surface area contributed by atoms with Crippen molar-refractivity contribution >= 4 is 11.8 Å². The first kappa shape index (κ1) is 13.4. The van der Waals surface area contributed by atoms with Gasteiger partial charge in [0.25, 0.3) is 0 Å². The molecule has 0 amide bonds. The average Bonchev–Trinajstić information content (AvgIpc) is 2.30. The van der Waals surface area contributed by atoms with Gasteiger partial charge >= 0.3 is 5.97 Å². The van der Waals surface area contributed by atoms with Crippen molar-refractivity contribution in [1.29, 1.82) is 0 Å². The molecule has 0 N–H and O–H groups in total. The Morgan fingerprint density at radius 1 is 1.24 bits per heavy atom. The fraction of sp³-hybridized carbons (Fsp3) is 0.385. The zero-order valence-corrected chi connectivity index (χ0v) is 10.0. The van der Waals surface area contributed by atoms with Gasteiger partial charge < -0.3 is 9.47 Å². The molecule has 0 aliphatic rings. The lowest BCUT2D eigenvalue weighted by atomic mass is 10.1. The molecule has 0 aliphatic heterocycles. The van der Waals surface area contributed by atoms with Crippen molar-refractivity contribution in [2.45, 2.75) is 19.4 Å². The minimum absolute atomic E-state index is 0.118. The zero-order valence-electron chi connectivity index (χ0n) is 10.0. The van der Waals surface area contributed by atoms with Gasteiger partial charge in [-0.2, -0.15) is 0 Å². The topological polar surface area (TPSA) is 52.6 Å². The summed E-state index contributed by atoms with van der Waals surface area (Å²) < 4.78 is 10.2. The lowest BCUT2D eigenvalue weighted by Gasteiger charge is -2.15. The van der Waals surface area contributed by atoms with Gasteiger partial charge in [-0.1, -0.05) is 30.3 Å². The van der Waals surface area contributed by atoms with Crippen molar-refractivity contribution in [2.24, 2.45) is 0 Å². The molecule has 0 saturated heterocycles. The van der Waals surface area contributed by atoms with Gasteiger partial charge in [-0.3, -0.25) is 9.59 Å². The van der Waals surface area contributed by atoms with Crippen molar-refractivity contribution in [1.82, 2.24) is 0 Å². The van der Waals surface area contributed by atoms with Crippen molar-refractivity contribution in [3.63, 3.8) is 0 Å². The van der Waals surface area contributed by atoms with E-state index in [4.69, 9.17) is 9.47 Å². The summed E-state index contributed by atoms with van der Waals surface area (Å²) >= 11 is 0. The molecule has 0 radical (unpaired) electrons. The van der Waals surface area contributed by atoms with E-state index >= 15 is 0 Å². The Balaban J connectivity index is 2.49. The predicted molar refractivity (Wildman–Crippen MR) is 62.4 cm³/mol. The maximum Gasteiger partial charge on any atom is 0.313 e. The Bertz CT molecular complexity index is 372. The highest BCUT2D eigenvalue weighted by Crippen LogP contribution is 2.16. The van der Waals surface area contributed by atoms with E-state index in [2.05, 4.69) is 0 Å². The molecule has 1 rings (SSSR count). The van der Waals surface area contributed by atoms with Crippen molar-refractivity contribution in [2.75, 3.05) is 13.7 Å². The molecular weight excluding hydrogens is 220 g/mol. The van der Waals surface area contributed by atoms with Crippen LogP contribution in [0.15, 0.2) is 30.3 Å². The second-order valence-electron chi connectivity index (χ2n) is 3.70. The molecule has 0 fully saturated rings. The summed E-state index contributed by atoms with van der Waals surface area (Å²) in [5.41, 5.74) is 0.936. The van der Waals surface area contributed by atoms with E-state index in [1.807, 2.05) is 30.3 Å². The number of methoxy groups -OCH3 is 1. The van der Waals surface area contributed by atoms with E-state index < -0.39 is 5.97 Å². The minimum atomic E-state index is -0.518. The van der Waals surface area contributed by atoms with E-state index in [0.717, 1.165) is 5.56 Å². The highest BCUT2D eigenvalue weighted by Gasteiger charge is 2.13. The molecule has 0 aliphatic carbocycles. The Morgan fingerprint density at radius 3 is 2.41 bits per heavy atom. The summed E-state index contributed by atoms with van der Waals surface area (Å²) in [4.78, 5) is 21.9. The molecule has 0 heterocycles. The fourth-order valence-corrected chi connectivity index (χ4v) is 1.39. The van der Waals surface area contributed by atoms with Crippen LogP contribution in [0.3, 0.4) is 0 Å². The number of rotatable bonds is 6. The molecule has 0 aromatic heterocycles. The molecule has 1 unspecified atom stereocenters. The van der Waals surface area contributed by atoms with Gasteiger partial charge in [-0.05, 0) is 12.5 Å². The van der Waals surface area contributed by atoms with E-state index in [-0.39, 0.29) is 24.9 Å². The number of benzene rings is 1. The van der Waals surface area contributed by atoms with E-state index in [1.165, 1.54) is 6.92 Å². The summed E-state index contributed by atoms with van der Waals surface area (Å²) in [6.45, 7) is 1.47. The maximum absolute atomic E-state index is 11.2. The Kier molecular flexibility index (Phi) is 5.36. The summed E-state index contributed by atoms with van der Waals surface area (Å²) in [6.07, 6.45) is -0.488. The second-order valence-corrected chi connectivity index (χ2v) is 3.70. The van der Waals surface area contributed by atoms with Crippen LogP contribution in [0, 0.1) is 0 Å². The SMILES string of the molecule is COC(COC(=O)CC(C)=O)c1ccccc1. The van der Waals surface area contributed by atoms with Crippen molar-refractivity contribution in [3.8, 4) is 0 Å². The summed E-state index contributed by atoms with van der Waals surface area (Å²) in [7, 11) is 1.55. The monoisotopic (exact) mass is 236 g/mol. The Labute approximate surface area is 101 Å². The number of hydrogen-bond acceptors (Lipinski definition) is 4. The number of esters is 1. The molecule has 1 aromatic rings. The second kappa shape index (κ2) is 6.81. The predicted octanol–water partition coefficient (Wildman–Crippen LogP) is 1.90.